The fourth-order valence-corrected chi connectivity index (χ4v) is 4.80. The van der Waals surface area contributed by atoms with E-state index in [0.29, 0.717) is 28.6 Å². The predicted molar refractivity (Wildman–Crippen MR) is 84.0 cm³/mol. The van der Waals surface area contributed by atoms with E-state index in [-0.39, 0.29) is 5.91 Å². The molecule has 0 saturated carbocycles. The van der Waals surface area contributed by atoms with Crippen LogP contribution in [-0.4, -0.2) is 58.1 Å². The summed E-state index contributed by atoms with van der Waals surface area (Å²) in [5.41, 5.74) is 1.37. The van der Waals surface area contributed by atoms with Gasteiger partial charge in [0.25, 0.3) is 5.91 Å². The number of piperidine rings is 3. The maximum atomic E-state index is 13.0. The minimum absolute atomic E-state index is 0.0507. The first-order valence-electron chi connectivity index (χ1n) is 7.87. The number of likely N-dealkylation sites (tertiary alicyclic amines) is 1. The number of benzene rings is 1. The quantitative estimate of drug-likeness (QED) is 0.875. The van der Waals surface area contributed by atoms with E-state index >= 15 is 0 Å². The second-order valence-electron chi connectivity index (χ2n) is 6.76. The van der Waals surface area contributed by atoms with Crippen LogP contribution in [0.1, 0.15) is 16.9 Å². The molecule has 1 N–H and O–H groups in total. The van der Waals surface area contributed by atoms with E-state index in [0.717, 1.165) is 30.5 Å². The predicted octanol–water partition coefficient (Wildman–Crippen LogP) is 1.99. The summed E-state index contributed by atoms with van der Waals surface area (Å²) < 4.78 is 0. The summed E-state index contributed by atoms with van der Waals surface area (Å²) in [5.74, 6) is 1.38. The second-order valence-corrected chi connectivity index (χ2v) is 7.20. The largest absolute Gasteiger partial charge is 0.332 e. The SMILES string of the molecule is O=C(c1n[nH]c2ccc(Cl)cc12)N1C[C@@H]2CN3CCC2[C@@H]1C3. The van der Waals surface area contributed by atoms with Gasteiger partial charge in [-0.2, -0.15) is 5.10 Å². The van der Waals surface area contributed by atoms with Crippen molar-refractivity contribution in [3.63, 3.8) is 0 Å². The van der Waals surface area contributed by atoms with Crippen molar-refractivity contribution in [2.45, 2.75) is 12.5 Å². The van der Waals surface area contributed by atoms with Crippen LogP contribution in [0, 0.1) is 11.8 Å². The summed E-state index contributed by atoms with van der Waals surface area (Å²) in [7, 11) is 0. The van der Waals surface area contributed by atoms with Crippen LogP contribution in [0.4, 0.5) is 0 Å². The molecule has 2 unspecified atom stereocenters. The van der Waals surface area contributed by atoms with E-state index in [1.807, 2.05) is 18.2 Å². The highest BCUT2D eigenvalue weighted by atomic mass is 35.5. The molecule has 114 valence electrons. The number of rotatable bonds is 1. The van der Waals surface area contributed by atoms with Gasteiger partial charge in [-0.1, -0.05) is 11.6 Å². The number of aromatic nitrogens is 2. The zero-order valence-corrected chi connectivity index (χ0v) is 12.9. The number of fused-ring (bicyclic) bond motifs is 2. The van der Waals surface area contributed by atoms with Crippen molar-refractivity contribution in [3.05, 3.63) is 28.9 Å². The summed E-state index contributed by atoms with van der Waals surface area (Å²) in [4.78, 5) is 17.6. The van der Waals surface area contributed by atoms with Crippen molar-refractivity contribution in [2.75, 3.05) is 26.2 Å². The molecule has 4 aliphatic rings. The van der Waals surface area contributed by atoms with Crippen LogP contribution in [-0.2, 0) is 0 Å². The number of carbonyl (C=O) groups is 1. The standard InChI is InChI=1S/C16H17ClN4O/c17-10-1-2-13-12(5-10)15(19-18-13)16(22)21-7-9-6-20-4-3-11(9)14(21)8-20/h1-2,5,9,11,14H,3-4,6-8H2,(H,18,19)/t9-,11?,14-/m0/s1. The number of H-pyrrole nitrogens is 1. The lowest BCUT2D eigenvalue weighted by atomic mass is 9.80. The maximum absolute atomic E-state index is 13.0. The van der Waals surface area contributed by atoms with Gasteiger partial charge in [0.2, 0.25) is 0 Å². The molecule has 6 rings (SSSR count). The number of hydrogen-bond donors (Lipinski definition) is 1. The molecule has 4 atom stereocenters. The average Bonchev–Trinajstić information content (AvgIpc) is 3.06. The minimum Gasteiger partial charge on any atom is -0.332 e. The van der Waals surface area contributed by atoms with Crippen molar-refractivity contribution in [2.24, 2.45) is 11.8 Å². The number of nitrogens with zero attached hydrogens (tertiary/aromatic N) is 3. The number of aromatic amines is 1. The molecular formula is C16H17ClN4O. The molecule has 0 aliphatic carbocycles. The first kappa shape index (κ1) is 12.9. The van der Waals surface area contributed by atoms with E-state index < -0.39 is 0 Å². The molecule has 4 bridgehead atoms. The number of amides is 1. The van der Waals surface area contributed by atoms with Gasteiger partial charge >= 0.3 is 0 Å². The van der Waals surface area contributed by atoms with Gasteiger partial charge in [0.15, 0.2) is 5.69 Å². The van der Waals surface area contributed by atoms with Gasteiger partial charge in [-0.05, 0) is 43.0 Å². The Hall–Kier alpha value is -1.59. The van der Waals surface area contributed by atoms with Crippen LogP contribution in [0.25, 0.3) is 10.9 Å². The summed E-state index contributed by atoms with van der Waals surface area (Å²) >= 11 is 6.08. The molecule has 1 amide bonds. The first-order valence-corrected chi connectivity index (χ1v) is 8.25. The molecule has 1 aromatic heterocycles. The lowest BCUT2D eigenvalue weighted by molar-refractivity contribution is 0.0420. The third kappa shape index (κ3) is 1.69. The Bertz CT molecular complexity index is 773. The van der Waals surface area contributed by atoms with Crippen molar-refractivity contribution >= 4 is 28.4 Å². The van der Waals surface area contributed by atoms with Gasteiger partial charge < -0.3 is 9.80 Å². The average molecular weight is 317 g/mol. The Balaban J connectivity index is 1.53. The normalized spacial score (nSPS) is 32.9. The van der Waals surface area contributed by atoms with Crippen LogP contribution in [0.3, 0.4) is 0 Å². The Labute approximate surface area is 133 Å². The molecule has 0 spiro atoms. The Kier molecular flexibility index (Phi) is 2.62. The van der Waals surface area contributed by atoms with Gasteiger partial charge in [0.1, 0.15) is 0 Å². The summed E-state index contributed by atoms with van der Waals surface area (Å²) in [6, 6.07) is 5.87. The van der Waals surface area contributed by atoms with Gasteiger partial charge in [-0.25, -0.2) is 0 Å². The lowest BCUT2D eigenvalue weighted by Gasteiger charge is -2.44. The van der Waals surface area contributed by atoms with E-state index in [9.17, 15) is 4.79 Å². The molecule has 6 heteroatoms. The van der Waals surface area contributed by atoms with Crippen LogP contribution in [0.2, 0.25) is 5.02 Å². The van der Waals surface area contributed by atoms with E-state index in [1.165, 1.54) is 13.0 Å². The molecule has 5 nitrogen and oxygen atoms in total. The van der Waals surface area contributed by atoms with Crippen molar-refractivity contribution in [1.29, 1.82) is 0 Å². The highest BCUT2D eigenvalue weighted by Crippen LogP contribution is 2.42. The molecule has 22 heavy (non-hydrogen) atoms. The minimum atomic E-state index is 0.0507. The number of halogens is 1. The number of nitrogens with one attached hydrogen (secondary N) is 1. The Morgan fingerprint density at radius 1 is 1.32 bits per heavy atom. The molecule has 0 radical (unpaired) electrons. The molecule has 5 heterocycles. The molecule has 4 fully saturated rings. The van der Waals surface area contributed by atoms with E-state index in [2.05, 4.69) is 20.0 Å². The molecule has 4 aliphatic heterocycles. The third-order valence-corrected chi connectivity index (χ3v) is 5.87. The molecule has 4 saturated heterocycles. The Morgan fingerprint density at radius 2 is 2.23 bits per heavy atom. The smallest absolute Gasteiger partial charge is 0.275 e. The fourth-order valence-electron chi connectivity index (χ4n) is 4.63. The highest BCUT2D eigenvalue weighted by Gasteiger charge is 2.51. The Morgan fingerprint density at radius 3 is 3.05 bits per heavy atom. The molecule has 2 aromatic rings. The van der Waals surface area contributed by atoms with Crippen LogP contribution < -0.4 is 0 Å². The first-order chi connectivity index (χ1) is 10.7. The monoisotopic (exact) mass is 316 g/mol. The third-order valence-electron chi connectivity index (χ3n) is 5.64. The van der Waals surface area contributed by atoms with Gasteiger partial charge in [-0.3, -0.25) is 9.89 Å². The highest BCUT2D eigenvalue weighted by molar-refractivity contribution is 6.31. The molecular weight excluding hydrogens is 300 g/mol. The summed E-state index contributed by atoms with van der Waals surface area (Å²) in [6.07, 6.45) is 1.23. The van der Waals surface area contributed by atoms with Crippen molar-refractivity contribution < 1.29 is 4.79 Å². The van der Waals surface area contributed by atoms with E-state index in [4.69, 9.17) is 11.6 Å². The summed E-state index contributed by atoms with van der Waals surface area (Å²) in [6.45, 7) is 4.24. The lowest BCUT2D eigenvalue weighted by Crippen LogP contribution is -2.54. The van der Waals surface area contributed by atoms with Crippen molar-refractivity contribution in [3.8, 4) is 0 Å². The summed E-state index contributed by atoms with van der Waals surface area (Å²) in [5, 5.41) is 8.67. The van der Waals surface area contributed by atoms with Gasteiger partial charge in [0.05, 0.1) is 5.52 Å². The zero-order valence-electron chi connectivity index (χ0n) is 12.1. The van der Waals surface area contributed by atoms with Gasteiger partial charge in [-0.15, -0.1) is 0 Å². The zero-order chi connectivity index (χ0) is 14.8. The van der Waals surface area contributed by atoms with E-state index in [1.54, 1.807) is 0 Å². The van der Waals surface area contributed by atoms with Crippen LogP contribution in [0.15, 0.2) is 18.2 Å². The fraction of sp³-hybridized carbons (Fsp3) is 0.500. The molecule has 1 aromatic carbocycles. The topological polar surface area (TPSA) is 52.2 Å². The van der Waals surface area contributed by atoms with Gasteiger partial charge in [0, 0.05) is 36.1 Å². The number of hydrogen-bond acceptors (Lipinski definition) is 3. The maximum Gasteiger partial charge on any atom is 0.275 e. The number of carbonyl (C=O) groups excluding carboxylic acids is 1. The van der Waals surface area contributed by atoms with Crippen molar-refractivity contribution in [1.82, 2.24) is 20.0 Å². The van der Waals surface area contributed by atoms with Crippen LogP contribution in [0.5, 0.6) is 0 Å². The second kappa shape index (κ2) is 4.46. The van der Waals surface area contributed by atoms with Crippen LogP contribution >= 0.6 is 11.6 Å².